The van der Waals surface area contributed by atoms with E-state index in [9.17, 15) is 17.6 Å². The molecule has 0 bridgehead atoms. The van der Waals surface area contributed by atoms with Crippen LogP contribution in [0.4, 0.5) is 10.1 Å². The monoisotopic (exact) mass is 376 g/mol. The number of benzene rings is 2. The smallest absolute Gasteiger partial charge is 0.242 e. The van der Waals surface area contributed by atoms with Crippen molar-refractivity contribution in [3.05, 3.63) is 65.5 Å². The van der Waals surface area contributed by atoms with Crippen molar-refractivity contribution >= 4 is 21.6 Å². The molecule has 138 valence electrons. The Morgan fingerprint density at radius 2 is 1.85 bits per heavy atom. The first-order chi connectivity index (χ1) is 12.3. The van der Waals surface area contributed by atoms with Gasteiger partial charge in [0.25, 0.3) is 0 Å². The number of anilines is 1. The first-order valence-electron chi connectivity index (χ1n) is 8.35. The fraction of sp³-hybridized carbons (Fsp3) is 0.316. The Bertz CT molecular complexity index is 913. The number of carbonyl (C=O) groups is 1. The molecule has 1 aliphatic rings. The molecule has 1 atom stereocenters. The number of nitrogens with zero attached hydrogens (tertiary/aromatic N) is 2. The van der Waals surface area contributed by atoms with Gasteiger partial charge in [0.15, 0.2) is 0 Å². The fourth-order valence-electron chi connectivity index (χ4n) is 3.26. The van der Waals surface area contributed by atoms with Crippen LogP contribution in [0.1, 0.15) is 18.1 Å². The zero-order valence-corrected chi connectivity index (χ0v) is 15.5. The van der Waals surface area contributed by atoms with Gasteiger partial charge in [-0.05, 0) is 42.7 Å². The van der Waals surface area contributed by atoms with E-state index in [4.69, 9.17) is 0 Å². The van der Waals surface area contributed by atoms with Gasteiger partial charge in [-0.3, -0.25) is 4.79 Å². The average Bonchev–Trinajstić information content (AvgIpc) is 2.91. The number of para-hydroxylation sites is 1. The molecule has 0 saturated heterocycles. The van der Waals surface area contributed by atoms with E-state index in [1.807, 2.05) is 31.2 Å². The van der Waals surface area contributed by atoms with Crippen molar-refractivity contribution in [2.75, 3.05) is 17.7 Å². The Hall–Kier alpha value is -2.25. The van der Waals surface area contributed by atoms with Gasteiger partial charge in [0.2, 0.25) is 15.9 Å². The number of rotatable bonds is 5. The molecule has 0 aliphatic carbocycles. The van der Waals surface area contributed by atoms with E-state index in [1.165, 1.54) is 24.3 Å². The van der Waals surface area contributed by atoms with Gasteiger partial charge in [-0.1, -0.05) is 30.3 Å². The minimum atomic E-state index is -3.60. The molecule has 2 aromatic rings. The lowest BCUT2D eigenvalue weighted by Crippen LogP contribution is -2.44. The average molecular weight is 376 g/mol. The summed E-state index contributed by atoms with van der Waals surface area (Å²) in [4.78, 5) is 14.5. The molecular formula is C19H21FN2O3S. The number of hydrogen-bond donors (Lipinski definition) is 0. The van der Waals surface area contributed by atoms with Crippen LogP contribution in [0.5, 0.6) is 0 Å². The molecule has 2 aromatic carbocycles. The van der Waals surface area contributed by atoms with Crippen molar-refractivity contribution in [2.24, 2.45) is 0 Å². The van der Waals surface area contributed by atoms with Gasteiger partial charge >= 0.3 is 0 Å². The van der Waals surface area contributed by atoms with Crippen molar-refractivity contribution in [2.45, 2.75) is 25.9 Å². The zero-order valence-electron chi connectivity index (χ0n) is 14.7. The lowest BCUT2D eigenvalue weighted by Gasteiger charge is -2.26. The van der Waals surface area contributed by atoms with E-state index in [-0.39, 0.29) is 25.0 Å². The summed E-state index contributed by atoms with van der Waals surface area (Å²) in [5.41, 5.74) is 2.54. The third-order valence-corrected chi connectivity index (χ3v) is 5.72. The number of halogens is 1. The minimum Gasteiger partial charge on any atom is -0.308 e. The molecule has 0 saturated carbocycles. The van der Waals surface area contributed by atoms with Crippen LogP contribution < -0.4 is 4.90 Å². The van der Waals surface area contributed by atoms with Gasteiger partial charge in [-0.25, -0.2) is 12.8 Å². The standard InChI is InChI=1S/C19H21FN2O3S/c1-14-11-16-5-3-4-6-18(16)22(14)19(23)13-21(26(2,24)25)12-15-7-9-17(20)10-8-15/h3-10,14H,11-13H2,1-2H3/t14-/m0/s1. The topological polar surface area (TPSA) is 57.7 Å². The highest BCUT2D eigenvalue weighted by molar-refractivity contribution is 7.88. The molecule has 1 aliphatic heterocycles. The Morgan fingerprint density at radius 3 is 2.50 bits per heavy atom. The molecule has 0 aromatic heterocycles. The van der Waals surface area contributed by atoms with Crippen molar-refractivity contribution in [3.63, 3.8) is 0 Å². The summed E-state index contributed by atoms with van der Waals surface area (Å²) in [5.74, 6) is -0.659. The van der Waals surface area contributed by atoms with Crippen molar-refractivity contribution < 1.29 is 17.6 Å². The molecular weight excluding hydrogens is 355 g/mol. The second-order valence-corrected chi connectivity index (χ2v) is 8.59. The van der Waals surface area contributed by atoms with E-state index in [0.717, 1.165) is 28.2 Å². The highest BCUT2D eigenvalue weighted by atomic mass is 32.2. The van der Waals surface area contributed by atoms with Crippen LogP contribution in [0, 0.1) is 5.82 Å². The molecule has 0 fully saturated rings. The number of fused-ring (bicyclic) bond motifs is 1. The molecule has 1 amide bonds. The van der Waals surface area contributed by atoms with Gasteiger partial charge in [-0.2, -0.15) is 4.31 Å². The highest BCUT2D eigenvalue weighted by Gasteiger charge is 2.32. The van der Waals surface area contributed by atoms with E-state index >= 15 is 0 Å². The van der Waals surface area contributed by atoms with Crippen molar-refractivity contribution in [3.8, 4) is 0 Å². The number of hydrogen-bond acceptors (Lipinski definition) is 3. The van der Waals surface area contributed by atoms with E-state index in [0.29, 0.717) is 5.56 Å². The van der Waals surface area contributed by atoms with Gasteiger partial charge in [0.1, 0.15) is 5.82 Å². The van der Waals surface area contributed by atoms with Gasteiger partial charge < -0.3 is 4.90 Å². The maximum absolute atomic E-state index is 13.1. The summed E-state index contributed by atoms with van der Waals surface area (Å²) in [6.45, 7) is 1.71. The molecule has 0 radical (unpaired) electrons. The van der Waals surface area contributed by atoms with E-state index in [2.05, 4.69) is 0 Å². The number of carbonyl (C=O) groups excluding carboxylic acids is 1. The molecule has 0 spiro atoms. The number of sulfonamides is 1. The lowest BCUT2D eigenvalue weighted by molar-refractivity contribution is -0.119. The largest absolute Gasteiger partial charge is 0.308 e. The SMILES string of the molecule is C[C@H]1Cc2ccccc2N1C(=O)CN(Cc1ccc(F)cc1)S(C)(=O)=O. The predicted octanol–water partition coefficient (Wildman–Crippen LogP) is 2.57. The first kappa shape index (κ1) is 18.5. The van der Waals surface area contributed by atoms with E-state index < -0.39 is 15.8 Å². The lowest BCUT2D eigenvalue weighted by atomic mass is 10.1. The second kappa shape index (κ2) is 7.17. The van der Waals surface area contributed by atoms with E-state index in [1.54, 1.807) is 4.90 Å². The molecule has 0 N–H and O–H groups in total. The van der Waals surface area contributed by atoms with Crippen LogP contribution in [0.15, 0.2) is 48.5 Å². The Balaban J connectivity index is 1.81. The summed E-state index contributed by atoms with van der Waals surface area (Å²) >= 11 is 0. The predicted molar refractivity (Wildman–Crippen MR) is 98.7 cm³/mol. The Morgan fingerprint density at radius 1 is 1.19 bits per heavy atom. The minimum absolute atomic E-state index is 0.0212. The third-order valence-electron chi connectivity index (χ3n) is 4.53. The van der Waals surface area contributed by atoms with Crippen LogP contribution in [-0.4, -0.2) is 37.5 Å². The van der Waals surface area contributed by atoms with Crippen LogP contribution >= 0.6 is 0 Å². The number of amides is 1. The summed E-state index contributed by atoms with van der Waals surface area (Å²) in [6, 6.07) is 13.2. The highest BCUT2D eigenvalue weighted by Crippen LogP contribution is 2.32. The maximum atomic E-state index is 13.1. The molecule has 7 heteroatoms. The first-order valence-corrected chi connectivity index (χ1v) is 10.2. The summed E-state index contributed by atoms with van der Waals surface area (Å²) in [5, 5.41) is 0. The summed E-state index contributed by atoms with van der Waals surface area (Å²) < 4.78 is 38.5. The molecule has 5 nitrogen and oxygen atoms in total. The molecule has 1 heterocycles. The molecule has 0 unspecified atom stereocenters. The zero-order chi connectivity index (χ0) is 18.9. The van der Waals surface area contributed by atoms with Crippen LogP contribution in [-0.2, 0) is 27.8 Å². The molecule has 26 heavy (non-hydrogen) atoms. The maximum Gasteiger partial charge on any atom is 0.242 e. The van der Waals surface area contributed by atoms with Crippen LogP contribution in [0.2, 0.25) is 0 Å². The summed E-state index contributed by atoms with van der Waals surface area (Å²) in [7, 11) is -3.60. The quantitative estimate of drug-likeness (QED) is 0.806. The second-order valence-electron chi connectivity index (χ2n) is 6.60. The normalized spacial score (nSPS) is 16.8. The van der Waals surface area contributed by atoms with Crippen molar-refractivity contribution in [1.29, 1.82) is 0 Å². The fourth-order valence-corrected chi connectivity index (χ4v) is 3.99. The Labute approximate surface area is 153 Å². The summed E-state index contributed by atoms with van der Waals surface area (Å²) in [6.07, 6.45) is 1.82. The third kappa shape index (κ3) is 3.94. The van der Waals surface area contributed by atoms with Gasteiger partial charge in [0.05, 0.1) is 12.8 Å². The molecule has 3 rings (SSSR count). The van der Waals surface area contributed by atoms with Gasteiger partial charge in [0, 0.05) is 18.3 Å². The van der Waals surface area contributed by atoms with Crippen LogP contribution in [0.25, 0.3) is 0 Å². The van der Waals surface area contributed by atoms with Crippen LogP contribution in [0.3, 0.4) is 0 Å². The Kier molecular flexibility index (Phi) is 5.11. The van der Waals surface area contributed by atoms with Crippen molar-refractivity contribution in [1.82, 2.24) is 4.31 Å². The van der Waals surface area contributed by atoms with Gasteiger partial charge in [-0.15, -0.1) is 0 Å².